The number of hydrogen-bond acceptors (Lipinski definition) is 3. The first-order valence-electron chi connectivity index (χ1n) is 6.52. The molecule has 0 saturated carbocycles. The van der Waals surface area contributed by atoms with Gasteiger partial charge in [-0.2, -0.15) is 0 Å². The maximum absolute atomic E-state index is 11.8. The summed E-state index contributed by atoms with van der Waals surface area (Å²) in [4.78, 5) is 37.6. The zero-order chi connectivity index (χ0) is 14.0. The van der Waals surface area contributed by atoms with Gasteiger partial charge in [0.25, 0.3) is 0 Å². The van der Waals surface area contributed by atoms with Crippen LogP contribution in [0.25, 0.3) is 0 Å². The molecule has 1 unspecified atom stereocenters. The van der Waals surface area contributed by atoms with E-state index in [0.29, 0.717) is 32.5 Å². The second-order valence-corrected chi connectivity index (χ2v) is 5.06. The van der Waals surface area contributed by atoms with Crippen LogP contribution < -0.4 is 5.32 Å². The number of nitrogens with one attached hydrogen (secondary N) is 1. The van der Waals surface area contributed by atoms with Gasteiger partial charge in [0.1, 0.15) is 0 Å². The lowest BCUT2D eigenvalue weighted by molar-refractivity contribution is -0.141. The number of aliphatic carboxylic acids is 1. The highest BCUT2D eigenvalue weighted by molar-refractivity contribution is 5.86. The number of hydrogen-bond donors (Lipinski definition) is 2. The van der Waals surface area contributed by atoms with E-state index in [0.717, 1.165) is 0 Å². The zero-order valence-electron chi connectivity index (χ0n) is 11.0. The fourth-order valence-electron chi connectivity index (χ4n) is 2.79. The third-order valence-electron chi connectivity index (χ3n) is 3.91. The fourth-order valence-corrected chi connectivity index (χ4v) is 2.79. The van der Waals surface area contributed by atoms with Crippen LogP contribution in [0.15, 0.2) is 0 Å². The van der Waals surface area contributed by atoms with Gasteiger partial charge in [0.05, 0.1) is 5.92 Å². The number of carboxylic acids is 1. The Morgan fingerprint density at radius 2 is 1.95 bits per heavy atom. The largest absolute Gasteiger partial charge is 0.481 e. The number of piperidine rings is 1. The first-order chi connectivity index (χ1) is 9.02. The topological polar surface area (TPSA) is 90.0 Å². The maximum Gasteiger partial charge on any atom is 0.317 e. The van der Waals surface area contributed by atoms with Crippen molar-refractivity contribution in [2.45, 2.75) is 25.3 Å². The van der Waals surface area contributed by atoms with E-state index < -0.39 is 11.9 Å². The highest BCUT2D eigenvalue weighted by atomic mass is 16.4. The lowest BCUT2D eigenvalue weighted by Crippen LogP contribution is -2.49. The van der Waals surface area contributed by atoms with Crippen molar-refractivity contribution < 1.29 is 19.5 Å². The lowest BCUT2D eigenvalue weighted by Gasteiger charge is -2.36. The number of rotatable bonds is 2. The average molecular weight is 269 g/mol. The molecule has 0 radical (unpaired) electrons. The van der Waals surface area contributed by atoms with Crippen LogP contribution in [0.3, 0.4) is 0 Å². The predicted octanol–water partition coefficient (Wildman–Crippen LogP) is -0.277. The lowest BCUT2D eigenvalue weighted by atomic mass is 10.0. The van der Waals surface area contributed by atoms with Gasteiger partial charge in [-0.3, -0.25) is 9.59 Å². The third kappa shape index (κ3) is 2.80. The monoisotopic (exact) mass is 269 g/mol. The Kier molecular flexibility index (Phi) is 3.92. The number of carbonyl (C=O) groups excluding carboxylic acids is 2. The van der Waals surface area contributed by atoms with E-state index in [1.54, 1.807) is 16.8 Å². The summed E-state index contributed by atoms with van der Waals surface area (Å²) < 4.78 is 0. The summed E-state index contributed by atoms with van der Waals surface area (Å²) in [5.74, 6) is -1.56. The van der Waals surface area contributed by atoms with Gasteiger partial charge < -0.3 is 20.2 Å². The van der Waals surface area contributed by atoms with E-state index in [4.69, 9.17) is 5.11 Å². The van der Waals surface area contributed by atoms with Crippen LogP contribution in [-0.4, -0.2) is 65.5 Å². The third-order valence-corrected chi connectivity index (χ3v) is 3.91. The molecule has 7 heteroatoms. The van der Waals surface area contributed by atoms with E-state index in [1.165, 1.54) is 0 Å². The van der Waals surface area contributed by atoms with Crippen molar-refractivity contribution >= 4 is 17.9 Å². The van der Waals surface area contributed by atoms with E-state index >= 15 is 0 Å². The zero-order valence-corrected chi connectivity index (χ0v) is 11.0. The molecule has 0 aliphatic carbocycles. The molecule has 106 valence electrons. The van der Waals surface area contributed by atoms with Crippen LogP contribution in [-0.2, 0) is 9.59 Å². The van der Waals surface area contributed by atoms with E-state index in [2.05, 4.69) is 5.32 Å². The second kappa shape index (κ2) is 5.46. The fraction of sp³-hybridized carbons (Fsp3) is 0.750. The minimum absolute atomic E-state index is 0.0674. The molecule has 2 saturated heterocycles. The van der Waals surface area contributed by atoms with E-state index in [1.807, 2.05) is 0 Å². The van der Waals surface area contributed by atoms with Gasteiger partial charge in [0.15, 0.2) is 0 Å². The molecule has 2 heterocycles. The number of carboxylic acid groups (broad SMARTS) is 1. The summed E-state index contributed by atoms with van der Waals surface area (Å²) in [5, 5.41) is 11.5. The van der Waals surface area contributed by atoms with Gasteiger partial charge in [0, 0.05) is 39.1 Å². The Morgan fingerprint density at radius 1 is 1.32 bits per heavy atom. The smallest absolute Gasteiger partial charge is 0.317 e. The Labute approximate surface area is 111 Å². The van der Waals surface area contributed by atoms with Crippen LogP contribution in [0.1, 0.15) is 19.3 Å². The molecule has 19 heavy (non-hydrogen) atoms. The Balaban J connectivity index is 1.90. The van der Waals surface area contributed by atoms with Crippen LogP contribution in [0.5, 0.6) is 0 Å². The van der Waals surface area contributed by atoms with Crippen LogP contribution in [0.4, 0.5) is 4.79 Å². The van der Waals surface area contributed by atoms with Crippen molar-refractivity contribution in [3.63, 3.8) is 0 Å². The number of carbonyl (C=O) groups is 3. The Bertz CT molecular complexity index is 390. The highest BCUT2D eigenvalue weighted by Crippen LogP contribution is 2.25. The minimum atomic E-state index is -0.904. The SMILES string of the molecule is CNC(=O)N1CCC(N2CC(C(=O)O)CC2=O)CC1. The molecule has 2 N–H and O–H groups in total. The molecule has 2 aliphatic rings. The Hall–Kier alpha value is -1.79. The normalized spacial score (nSPS) is 24.7. The molecule has 0 bridgehead atoms. The van der Waals surface area contributed by atoms with Crippen molar-refractivity contribution in [3.8, 4) is 0 Å². The molecule has 2 aliphatic heterocycles. The van der Waals surface area contributed by atoms with Crippen LogP contribution in [0, 0.1) is 5.92 Å². The quantitative estimate of drug-likeness (QED) is 0.721. The van der Waals surface area contributed by atoms with Gasteiger partial charge in [-0.15, -0.1) is 0 Å². The number of nitrogens with zero attached hydrogens (tertiary/aromatic N) is 2. The molecule has 7 nitrogen and oxygen atoms in total. The molecule has 2 fully saturated rings. The number of urea groups is 1. The molecule has 2 rings (SSSR count). The summed E-state index contributed by atoms with van der Waals surface area (Å²) >= 11 is 0. The molecular weight excluding hydrogens is 250 g/mol. The van der Waals surface area contributed by atoms with Crippen molar-refractivity contribution in [1.82, 2.24) is 15.1 Å². The summed E-state index contributed by atoms with van der Waals surface area (Å²) in [6, 6.07) is -0.0348. The molecule has 0 spiro atoms. The summed E-state index contributed by atoms with van der Waals surface area (Å²) in [6.07, 6.45) is 1.53. The first kappa shape index (κ1) is 13.6. The van der Waals surface area contributed by atoms with E-state index in [9.17, 15) is 14.4 Å². The average Bonchev–Trinajstić information content (AvgIpc) is 2.80. The molecular formula is C12H19N3O4. The highest BCUT2D eigenvalue weighted by Gasteiger charge is 2.39. The van der Waals surface area contributed by atoms with Gasteiger partial charge >= 0.3 is 12.0 Å². The van der Waals surface area contributed by atoms with Crippen LogP contribution in [0.2, 0.25) is 0 Å². The summed E-state index contributed by atoms with van der Waals surface area (Å²) in [7, 11) is 1.59. The van der Waals surface area contributed by atoms with Gasteiger partial charge in [-0.05, 0) is 12.8 Å². The predicted molar refractivity (Wildman–Crippen MR) is 66.5 cm³/mol. The minimum Gasteiger partial charge on any atom is -0.481 e. The van der Waals surface area contributed by atoms with Gasteiger partial charge in [0.2, 0.25) is 5.91 Å². The number of likely N-dealkylation sites (tertiary alicyclic amines) is 2. The summed E-state index contributed by atoms with van der Waals surface area (Å²) in [6.45, 7) is 1.51. The molecule has 0 aromatic carbocycles. The summed E-state index contributed by atoms with van der Waals surface area (Å²) in [5.41, 5.74) is 0. The van der Waals surface area contributed by atoms with Crippen LogP contribution >= 0.6 is 0 Å². The van der Waals surface area contributed by atoms with E-state index in [-0.39, 0.29) is 24.4 Å². The van der Waals surface area contributed by atoms with Crippen molar-refractivity contribution in [1.29, 1.82) is 0 Å². The standard InChI is InChI=1S/C12H19N3O4/c1-13-12(19)14-4-2-9(3-5-14)15-7-8(11(17)18)6-10(15)16/h8-9H,2-7H2,1H3,(H,13,19)(H,17,18). The molecule has 0 aromatic heterocycles. The molecule has 0 aromatic rings. The Morgan fingerprint density at radius 3 is 2.42 bits per heavy atom. The van der Waals surface area contributed by atoms with Crippen molar-refractivity contribution in [3.05, 3.63) is 0 Å². The second-order valence-electron chi connectivity index (χ2n) is 5.06. The molecule has 1 atom stereocenters. The van der Waals surface area contributed by atoms with Crippen molar-refractivity contribution in [2.75, 3.05) is 26.7 Å². The number of amides is 3. The van der Waals surface area contributed by atoms with Crippen molar-refractivity contribution in [2.24, 2.45) is 5.92 Å². The van der Waals surface area contributed by atoms with Gasteiger partial charge in [-0.1, -0.05) is 0 Å². The first-order valence-corrected chi connectivity index (χ1v) is 6.52. The van der Waals surface area contributed by atoms with Gasteiger partial charge in [-0.25, -0.2) is 4.79 Å². The maximum atomic E-state index is 11.8. The molecule has 3 amide bonds.